The molecule has 2 aromatic rings. The second-order valence-electron chi connectivity index (χ2n) is 6.90. The first-order chi connectivity index (χ1) is 14.0. The summed E-state index contributed by atoms with van der Waals surface area (Å²) in [5, 5.41) is 14.1. The highest BCUT2D eigenvalue weighted by Crippen LogP contribution is 2.27. The van der Waals surface area contributed by atoms with Crippen LogP contribution in [-0.4, -0.2) is 54.8 Å². The Labute approximate surface area is 180 Å². The predicted molar refractivity (Wildman–Crippen MR) is 120 cm³/mol. The molecule has 29 heavy (non-hydrogen) atoms. The molecule has 0 atom stereocenters. The summed E-state index contributed by atoms with van der Waals surface area (Å²) in [6.45, 7) is 1.82. The van der Waals surface area contributed by atoms with Gasteiger partial charge in [-0.1, -0.05) is 17.7 Å². The van der Waals surface area contributed by atoms with Gasteiger partial charge in [-0.3, -0.25) is 15.1 Å². The van der Waals surface area contributed by atoms with Crippen LogP contribution < -0.4 is 10.1 Å². The fourth-order valence-electron chi connectivity index (χ4n) is 3.28. The van der Waals surface area contributed by atoms with Crippen molar-refractivity contribution in [2.24, 2.45) is 0 Å². The molecule has 1 aliphatic heterocycles. The zero-order chi connectivity index (χ0) is 20.8. The van der Waals surface area contributed by atoms with Crippen LogP contribution in [0, 0.1) is 5.41 Å². The number of amidine groups is 1. The van der Waals surface area contributed by atoms with Gasteiger partial charge in [-0.05, 0) is 62.6 Å². The Morgan fingerprint density at radius 2 is 2.14 bits per heavy atom. The van der Waals surface area contributed by atoms with Gasteiger partial charge in [-0.2, -0.15) is 0 Å². The number of anilines is 1. The molecule has 0 saturated carbocycles. The number of carbonyl (C=O) groups excluding carboxylic acids is 1. The summed E-state index contributed by atoms with van der Waals surface area (Å²) in [6, 6.07) is 8.98. The van der Waals surface area contributed by atoms with Gasteiger partial charge in [0.1, 0.15) is 11.6 Å². The Morgan fingerprint density at radius 1 is 1.38 bits per heavy atom. The molecule has 1 saturated heterocycles. The average molecular weight is 433 g/mol. The highest BCUT2D eigenvalue weighted by Gasteiger charge is 2.30. The number of nitrogens with zero attached hydrogens (tertiary/aromatic N) is 2. The molecule has 1 amide bonds. The maximum Gasteiger partial charge on any atom is 0.269 e. The molecule has 3 rings (SSSR count). The lowest BCUT2D eigenvalue weighted by Crippen LogP contribution is -2.48. The number of rotatable bonds is 6. The summed E-state index contributed by atoms with van der Waals surface area (Å²) < 4.78 is 5.22. The highest BCUT2D eigenvalue weighted by molar-refractivity contribution is 7.12. The third-order valence-electron chi connectivity index (χ3n) is 4.92. The van der Waals surface area contributed by atoms with Crippen LogP contribution in [0.4, 0.5) is 5.69 Å². The third-order valence-corrected chi connectivity index (χ3v) is 6.10. The molecule has 2 N–H and O–H groups in total. The summed E-state index contributed by atoms with van der Waals surface area (Å²) >= 11 is 7.61. The molecule has 0 radical (unpaired) electrons. The lowest BCUT2D eigenvalue weighted by atomic mass is 10.0. The van der Waals surface area contributed by atoms with Crippen LogP contribution in [0.3, 0.4) is 0 Å². The Bertz CT molecular complexity index is 877. The number of carbonyl (C=O) groups is 1. The molecular formula is C21H25ClN4O2S. The van der Waals surface area contributed by atoms with Crippen LogP contribution in [0.15, 0.2) is 48.0 Å². The fourth-order valence-corrected chi connectivity index (χ4v) is 4.11. The molecule has 0 unspecified atom stereocenters. The maximum absolute atomic E-state index is 13.1. The van der Waals surface area contributed by atoms with Gasteiger partial charge in [0, 0.05) is 18.3 Å². The number of halogens is 1. The van der Waals surface area contributed by atoms with Crippen molar-refractivity contribution in [3.8, 4) is 5.75 Å². The van der Waals surface area contributed by atoms with Crippen molar-refractivity contribution >= 4 is 40.4 Å². The Morgan fingerprint density at radius 3 is 2.79 bits per heavy atom. The largest absolute Gasteiger partial charge is 0.497 e. The Hall–Kier alpha value is -2.35. The van der Waals surface area contributed by atoms with E-state index in [1.54, 1.807) is 48.6 Å². The standard InChI is InChI=1S/C21H25ClN4O2S/c1-25-11-8-15(9-12-25)26(21(27)19-4-3-13-29-19)20(23)7-10-24-18-14-16(28-2)5-6-17(18)22/h3-7,10,13-15,23-24H,8-9,11-12H2,1-2H3/b10-7-,23-20?. The van der Waals surface area contributed by atoms with E-state index in [-0.39, 0.29) is 17.8 Å². The van der Waals surface area contributed by atoms with Crippen molar-refractivity contribution in [2.75, 3.05) is 32.6 Å². The quantitative estimate of drug-likeness (QED) is 0.519. The summed E-state index contributed by atoms with van der Waals surface area (Å²) in [7, 11) is 3.67. The van der Waals surface area contributed by atoms with Gasteiger partial charge in [0.05, 0.1) is 22.7 Å². The summed E-state index contributed by atoms with van der Waals surface area (Å²) in [4.78, 5) is 17.6. The minimum Gasteiger partial charge on any atom is -0.497 e. The van der Waals surface area contributed by atoms with Gasteiger partial charge in [-0.15, -0.1) is 11.3 Å². The summed E-state index contributed by atoms with van der Waals surface area (Å²) in [5.74, 6) is 0.717. The number of piperidine rings is 1. The number of ether oxygens (including phenoxy) is 1. The van der Waals surface area contributed by atoms with E-state index in [2.05, 4.69) is 17.3 Å². The Balaban J connectivity index is 1.75. The van der Waals surface area contributed by atoms with E-state index in [0.29, 0.717) is 21.3 Å². The van der Waals surface area contributed by atoms with E-state index in [4.69, 9.17) is 21.7 Å². The van der Waals surface area contributed by atoms with Gasteiger partial charge in [0.15, 0.2) is 0 Å². The Kier molecular flexibility index (Phi) is 7.30. The predicted octanol–water partition coefficient (Wildman–Crippen LogP) is 4.55. The van der Waals surface area contributed by atoms with E-state index in [0.717, 1.165) is 25.9 Å². The molecule has 0 aliphatic carbocycles. The second-order valence-corrected chi connectivity index (χ2v) is 8.25. The van der Waals surface area contributed by atoms with E-state index in [1.165, 1.54) is 11.3 Å². The van der Waals surface area contributed by atoms with Crippen LogP contribution in [0.2, 0.25) is 5.02 Å². The van der Waals surface area contributed by atoms with Gasteiger partial charge in [0.2, 0.25) is 0 Å². The maximum atomic E-state index is 13.1. The molecule has 1 fully saturated rings. The van der Waals surface area contributed by atoms with E-state index >= 15 is 0 Å². The van der Waals surface area contributed by atoms with Crippen LogP contribution >= 0.6 is 22.9 Å². The number of thiophene rings is 1. The van der Waals surface area contributed by atoms with Gasteiger partial charge >= 0.3 is 0 Å². The van der Waals surface area contributed by atoms with E-state index < -0.39 is 0 Å². The normalized spacial score (nSPS) is 15.4. The third kappa shape index (κ3) is 5.38. The van der Waals surface area contributed by atoms with Gasteiger partial charge in [0.25, 0.3) is 5.91 Å². The molecule has 6 nitrogen and oxygen atoms in total. The number of nitrogens with one attached hydrogen (secondary N) is 2. The molecule has 1 aromatic heterocycles. The van der Waals surface area contributed by atoms with Crippen molar-refractivity contribution in [1.82, 2.24) is 9.80 Å². The minimum atomic E-state index is -0.122. The monoisotopic (exact) mass is 432 g/mol. The van der Waals surface area contributed by atoms with Crippen molar-refractivity contribution < 1.29 is 9.53 Å². The SMILES string of the molecule is COc1ccc(Cl)c(N/C=C\C(=N)N(C(=O)c2cccs2)C2CCN(C)CC2)c1. The number of likely N-dealkylation sites (tertiary alicyclic amines) is 1. The van der Waals surface area contributed by atoms with E-state index in [1.807, 2.05) is 11.4 Å². The molecular weight excluding hydrogens is 408 g/mol. The van der Waals surface area contributed by atoms with Crippen LogP contribution in [0.5, 0.6) is 5.75 Å². The molecule has 0 bridgehead atoms. The summed E-state index contributed by atoms with van der Waals surface area (Å²) in [6.07, 6.45) is 4.92. The van der Waals surface area contributed by atoms with E-state index in [9.17, 15) is 4.79 Å². The first-order valence-electron chi connectivity index (χ1n) is 9.40. The van der Waals surface area contributed by atoms with Crippen molar-refractivity contribution in [1.29, 1.82) is 5.41 Å². The minimum absolute atomic E-state index is 0.0124. The van der Waals surface area contributed by atoms with Crippen LogP contribution in [0.1, 0.15) is 22.5 Å². The molecule has 0 spiro atoms. The van der Waals surface area contributed by atoms with Crippen molar-refractivity contribution in [2.45, 2.75) is 18.9 Å². The zero-order valence-electron chi connectivity index (χ0n) is 16.5. The highest BCUT2D eigenvalue weighted by atomic mass is 35.5. The van der Waals surface area contributed by atoms with Crippen LogP contribution in [0.25, 0.3) is 0 Å². The van der Waals surface area contributed by atoms with Crippen molar-refractivity contribution in [3.05, 3.63) is 57.9 Å². The van der Waals surface area contributed by atoms with Gasteiger partial charge in [-0.25, -0.2) is 0 Å². The molecule has 154 valence electrons. The zero-order valence-corrected chi connectivity index (χ0v) is 18.1. The summed E-state index contributed by atoms with van der Waals surface area (Å²) in [5.41, 5.74) is 0.672. The smallest absolute Gasteiger partial charge is 0.269 e. The lowest BCUT2D eigenvalue weighted by molar-refractivity contribution is 0.0753. The average Bonchev–Trinajstić information content (AvgIpc) is 3.26. The fraction of sp³-hybridized carbons (Fsp3) is 0.333. The molecule has 1 aliphatic rings. The number of methoxy groups -OCH3 is 1. The second kappa shape index (κ2) is 9.91. The number of hydrogen-bond acceptors (Lipinski definition) is 6. The number of benzene rings is 1. The molecule has 2 heterocycles. The first kappa shape index (κ1) is 21.4. The molecule has 8 heteroatoms. The van der Waals surface area contributed by atoms with Crippen LogP contribution in [-0.2, 0) is 0 Å². The lowest BCUT2D eigenvalue weighted by Gasteiger charge is -2.36. The topological polar surface area (TPSA) is 68.7 Å². The number of amides is 1. The number of hydrogen-bond donors (Lipinski definition) is 2. The van der Waals surface area contributed by atoms with Crippen molar-refractivity contribution in [3.63, 3.8) is 0 Å². The first-order valence-corrected chi connectivity index (χ1v) is 10.7. The molecule has 1 aromatic carbocycles. The van der Waals surface area contributed by atoms with Gasteiger partial charge < -0.3 is 15.0 Å².